The normalized spacial score (nSPS) is 17.1. The second-order valence-corrected chi connectivity index (χ2v) is 6.32. The van der Waals surface area contributed by atoms with E-state index in [4.69, 9.17) is 0 Å². The van der Waals surface area contributed by atoms with Crippen molar-refractivity contribution in [3.8, 4) is 0 Å². The third-order valence-electron chi connectivity index (χ3n) is 4.62. The van der Waals surface area contributed by atoms with Crippen molar-refractivity contribution in [1.82, 2.24) is 20.0 Å². The van der Waals surface area contributed by atoms with Gasteiger partial charge in [-0.2, -0.15) is 5.10 Å². The smallest absolute Gasteiger partial charge is 0.224 e. The molecule has 2 rings (SSSR count). The highest BCUT2D eigenvalue weighted by Gasteiger charge is 2.16. The molecule has 1 saturated heterocycles. The van der Waals surface area contributed by atoms with Crippen LogP contribution in [0.4, 0.5) is 0 Å². The summed E-state index contributed by atoms with van der Waals surface area (Å²) in [4.78, 5) is 14.5. The van der Waals surface area contributed by atoms with Crippen LogP contribution in [0.15, 0.2) is 0 Å². The molecule has 0 unspecified atom stereocenters. The van der Waals surface area contributed by atoms with E-state index in [1.54, 1.807) is 0 Å². The molecule has 1 aliphatic heterocycles. The quantitative estimate of drug-likeness (QED) is 0.893. The average Bonchev–Trinajstić information content (AvgIpc) is 2.68. The molecular weight excluding hydrogens is 264 g/mol. The van der Waals surface area contributed by atoms with Crippen LogP contribution in [0, 0.1) is 19.8 Å². The van der Waals surface area contributed by atoms with Crippen molar-refractivity contribution >= 4 is 5.91 Å². The Morgan fingerprint density at radius 2 is 2.00 bits per heavy atom. The number of carbonyl (C=O) groups excluding carboxylic acids is 1. The first-order chi connectivity index (χ1) is 9.97. The van der Waals surface area contributed by atoms with Crippen molar-refractivity contribution in [3.63, 3.8) is 0 Å². The van der Waals surface area contributed by atoms with Gasteiger partial charge in [0.1, 0.15) is 0 Å². The topological polar surface area (TPSA) is 50.2 Å². The van der Waals surface area contributed by atoms with Gasteiger partial charge in [-0.15, -0.1) is 0 Å². The van der Waals surface area contributed by atoms with Crippen LogP contribution in [0.25, 0.3) is 0 Å². The van der Waals surface area contributed by atoms with Crippen molar-refractivity contribution < 1.29 is 4.79 Å². The van der Waals surface area contributed by atoms with E-state index in [9.17, 15) is 4.79 Å². The number of hydrogen-bond acceptors (Lipinski definition) is 3. The fourth-order valence-electron chi connectivity index (χ4n) is 2.94. The van der Waals surface area contributed by atoms with Crippen LogP contribution in [0.2, 0.25) is 0 Å². The molecule has 0 aromatic carbocycles. The number of likely N-dealkylation sites (tertiary alicyclic amines) is 1. The van der Waals surface area contributed by atoms with E-state index in [-0.39, 0.29) is 5.91 Å². The number of hydrogen-bond donors (Lipinski definition) is 1. The van der Waals surface area contributed by atoms with Gasteiger partial charge in [0.05, 0.1) is 12.1 Å². The highest BCUT2D eigenvalue weighted by Crippen LogP contribution is 2.15. The molecule has 5 nitrogen and oxygen atoms in total. The van der Waals surface area contributed by atoms with Crippen LogP contribution in [0.5, 0.6) is 0 Å². The number of piperidine rings is 1. The zero-order valence-electron chi connectivity index (χ0n) is 13.8. The summed E-state index contributed by atoms with van der Waals surface area (Å²) in [6.07, 6.45) is 2.99. The minimum absolute atomic E-state index is 0.0968. The van der Waals surface area contributed by atoms with E-state index in [1.807, 2.05) is 25.6 Å². The largest absolute Gasteiger partial charge is 0.355 e. The minimum Gasteiger partial charge on any atom is -0.355 e. The molecule has 0 atom stereocenters. The van der Waals surface area contributed by atoms with Crippen LogP contribution < -0.4 is 5.32 Å². The lowest BCUT2D eigenvalue weighted by Crippen LogP contribution is -2.39. The van der Waals surface area contributed by atoms with Crippen molar-refractivity contribution in [2.24, 2.45) is 13.0 Å². The fourth-order valence-corrected chi connectivity index (χ4v) is 2.94. The molecule has 0 spiro atoms. The summed E-state index contributed by atoms with van der Waals surface area (Å²) in [5.41, 5.74) is 3.09. The molecule has 0 saturated carbocycles. The van der Waals surface area contributed by atoms with Crippen LogP contribution in [-0.2, 0) is 18.3 Å². The Balaban J connectivity index is 1.72. The van der Waals surface area contributed by atoms with E-state index < -0.39 is 0 Å². The molecule has 2 heterocycles. The molecule has 1 N–H and O–H groups in total. The zero-order valence-corrected chi connectivity index (χ0v) is 13.8. The first kappa shape index (κ1) is 16.0. The third-order valence-corrected chi connectivity index (χ3v) is 4.62. The van der Waals surface area contributed by atoms with Gasteiger partial charge in [0, 0.05) is 31.4 Å². The molecule has 0 aliphatic carbocycles. The summed E-state index contributed by atoms with van der Waals surface area (Å²) in [7, 11) is 1.92. The zero-order chi connectivity index (χ0) is 15.4. The van der Waals surface area contributed by atoms with Gasteiger partial charge in [0.15, 0.2) is 0 Å². The Morgan fingerprint density at radius 3 is 2.57 bits per heavy atom. The Hall–Kier alpha value is -1.36. The first-order valence-corrected chi connectivity index (χ1v) is 7.95. The molecule has 1 amide bonds. The summed E-state index contributed by atoms with van der Waals surface area (Å²) in [6, 6.07) is 0. The van der Waals surface area contributed by atoms with Crippen LogP contribution >= 0.6 is 0 Å². The molecule has 5 heteroatoms. The Bertz CT molecular complexity index is 487. The number of carbonyl (C=O) groups is 1. The molecule has 118 valence electrons. The molecule has 0 bridgehead atoms. The molecule has 1 fully saturated rings. The molecule has 1 aromatic heterocycles. The van der Waals surface area contributed by atoms with E-state index in [2.05, 4.69) is 22.2 Å². The second-order valence-electron chi connectivity index (χ2n) is 6.32. The number of nitrogens with one attached hydrogen (secondary N) is 1. The lowest BCUT2D eigenvalue weighted by atomic mass is 9.99. The van der Waals surface area contributed by atoms with Crippen molar-refractivity contribution in [1.29, 1.82) is 0 Å². The molecule has 21 heavy (non-hydrogen) atoms. The van der Waals surface area contributed by atoms with Crippen molar-refractivity contribution in [3.05, 3.63) is 17.0 Å². The van der Waals surface area contributed by atoms with Gasteiger partial charge in [-0.05, 0) is 45.7 Å². The number of aromatic nitrogens is 2. The highest BCUT2D eigenvalue weighted by atomic mass is 16.1. The molecular formula is C16H28N4O. The summed E-state index contributed by atoms with van der Waals surface area (Å²) < 4.78 is 1.84. The predicted octanol–water partition coefficient (Wildman–Crippen LogP) is 1.43. The fraction of sp³-hybridized carbons (Fsp3) is 0.750. The van der Waals surface area contributed by atoms with Gasteiger partial charge >= 0.3 is 0 Å². The van der Waals surface area contributed by atoms with E-state index in [0.717, 1.165) is 49.0 Å². The summed E-state index contributed by atoms with van der Waals surface area (Å²) in [5, 5.41) is 7.39. The van der Waals surface area contributed by atoms with E-state index >= 15 is 0 Å². The number of aryl methyl sites for hydroxylation is 2. The van der Waals surface area contributed by atoms with Crippen molar-refractivity contribution in [2.45, 2.75) is 40.0 Å². The molecule has 1 aromatic rings. The second kappa shape index (κ2) is 7.07. The summed E-state index contributed by atoms with van der Waals surface area (Å²) >= 11 is 0. The standard InChI is InChI=1S/C16H28N4O/c1-12-5-8-20(9-6-12)10-7-17-16(21)11-15-13(2)18-19(4)14(15)3/h12H,5-11H2,1-4H3,(H,17,21). The van der Waals surface area contributed by atoms with Crippen LogP contribution in [0.1, 0.15) is 36.7 Å². The Morgan fingerprint density at radius 1 is 1.33 bits per heavy atom. The maximum atomic E-state index is 12.1. The lowest BCUT2D eigenvalue weighted by Gasteiger charge is -2.30. The first-order valence-electron chi connectivity index (χ1n) is 7.95. The summed E-state index contributed by atoms with van der Waals surface area (Å²) in [5.74, 6) is 0.951. The average molecular weight is 292 g/mol. The van der Waals surface area contributed by atoms with Gasteiger partial charge in [-0.1, -0.05) is 6.92 Å². The van der Waals surface area contributed by atoms with Gasteiger partial charge < -0.3 is 10.2 Å². The van der Waals surface area contributed by atoms with E-state index in [0.29, 0.717) is 6.42 Å². The molecule has 1 aliphatic rings. The monoisotopic (exact) mass is 292 g/mol. The van der Waals surface area contributed by atoms with Gasteiger partial charge in [0.2, 0.25) is 5.91 Å². The maximum absolute atomic E-state index is 12.1. The number of rotatable bonds is 5. The van der Waals surface area contributed by atoms with E-state index in [1.165, 1.54) is 12.8 Å². The third kappa shape index (κ3) is 4.30. The van der Waals surface area contributed by atoms with Gasteiger partial charge in [0.25, 0.3) is 0 Å². The number of amides is 1. The highest BCUT2D eigenvalue weighted by molar-refractivity contribution is 5.79. The minimum atomic E-state index is 0.0968. The van der Waals surface area contributed by atoms with Crippen LogP contribution in [-0.4, -0.2) is 46.8 Å². The van der Waals surface area contributed by atoms with Crippen LogP contribution in [0.3, 0.4) is 0 Å². The summed E-state index contributed by atoms with van der Waals surface area (Å²) in [6.45, 7) is 10.3. The van der Waals surface area contributed by atoms with Crippen molar-refractivity contribution in [2.75, 3.05) is 26.2 Å². The lowest BCUT2D eigenvalue weighted by molar-refractivity contribution is -0.120. The Kier molecular flexibility index (Phi) is 5.39. The Labute approximate surface area is 127 Å². The maximum Gasteiger partial charge on any atom is 0.224 e. The number of nitrogens with zero attached hydrogens (tertiary/aromatic N) is 3. The SMILES string of the molecule is Cc1nn(C)c(C)c1CC(=O)NCCN1CCC(C)CC1. The van der Waals surface area contributed by atoms with Gasteiger partial charge in [-0.25, -0.2) is 0 Å². The molecule has 0 radical (unpaired) electrons. The van der Waals surface area contributed by atoms with Gasteiger partial charge in [-0.3, -0.25) is 9.48 Å². The predicted molar refractivity (Wildman–Crippen MR) is 84.2 cm³/mol.